The number of carbonyl (C=O) groups excluding carboxylic acids is 1. The van der Waals surface area contributed by atoms with Crippen LogP contribution in [0, 0.1) is 0 Å². The van der Waals surface area contributed by atoms with Crippen molar-refractivity contribution in [3.8, 4) is 0 Å². The van der Waals surface area contributed by atoms with Gasteiger partial charge in [-0.15, -0.1) is 0 Å². The maximum Gasteiger partial charge on any atom is 0.411 e. The number of nitrogens with one attached hydrogen (secondary N) is 1. The van der Waals surface area contributed by atoms with Crippen LogP contribution in [-0.2, 0) is 9.53 Å². The number of hydrogen-bond acceptors (Lipinski definition) is 3. The topological polar surface area (TPSA) is 41.6 Å². The van der Waals surface area contributed by atoms with Gasteiger partial charge >= 0.3 is 6.18 Å². The third-order valence-electron chi connectivity index (χ3n) is 4.44. The molecule has 1 aliphatic rings. The lowest BCUT2D eigenvalue weighted by molar-refractivity contribution is -0.185. The Labute approximate surface area is 130 Å². The summed E-state index contributed by atoms with van der Waals surface area (Å²) in [6.45, 7) is 0.384. The molecule has 1 atom stereocenters. The average molecular weight is 324 g/mol. The molecule has 0 radical (unpaired) electrons. The monoisotopic (exact) mass is 324 g/mol. The van der Waals surface area contributed by atoms with E-state index in [0.717, 1.165) is 25.7 Å². The summed E-state index contributed by atoms with van der Waals surface area (Å²) in [5.74, 6) is -0.491. The zero-order valence-electron chi connectivity index (χ0n) is 13.6. The Morgan fingerprint density at radius 3 is 2.23 bits per heavy atom. The predicted molar refractivity (Wildman–Crippen MR) is 78.6 cm³/mol. The molecule has 1 N–H and O–H groups in total. The predicted octanol–water partition coefficient (Wildman–Crippen LogP) is 2.72. The first kappa shape index (κ1) is 19.2. The van der Waals surface area contributed by atoms with Crippen molar-refractivity contribution in [2.75, 3.05) is 27.2 Å². The quantitative estimate of drug-likeness (QED) is 0.764. The van der Waals surface area contributed by atoms with Crippen LogP contribution in [0.15, 0.2) is 0 Å². The number of carbonyl (C=O) groups is 1. The standard InChI is InChI=1S/C15H27F3N2O2/c1-12(22-11-15(16,17)18)13(21)19-10-14(20(2)3)8-6-4-5-7-9-14/h12H,4-11H2,1-3H3,(H,19,21). The van der Waals surface area contributed by atoms with Crippen LogP contribution < -0.4 is 5.32 Å². The van der Waals surface area contributed by atoms with E-state index in [1.54, 1.807) is 0 Å². The van der Waals surface area contributed by atoms with E-state index in [9.17, 15) is 18.0 Å². The second kappa shape index (κ2) is 8.15. The molecule has 22 heavy (non-hydrogen) atoms. The minimum absolute atomic E-state index is 0.115. The fourth-order valence-electron chi connectivity index (χ4n) is 2.86. The van der Waals surface area contributed by atoms with Gasteiger partial charge in [0.05, 0.1) is 0 Å². The van der Waals surface area contributed by atoms with Crippen molar-refractivity contribution in [2.45, 2.75) is 63.3 Å². The van der Waals surface area contributed by atoms with Crippen LogP contribution in [0.4, 0.5) is 13.2 Å². The molecule has 1 unspecified atom stereocenters. The van der Waals surface area contributed by atoms with Crippen LogP contribution in [0.5, 0.6) is 0 Å². The highest BCUT2D eigenvalue weighted by atomic mass is 19.4. The summed E-state index contributed by atoms with van der Waals surface area (Å²) in [6, 6.07) is 0. The van der Waals surface area contributed by atoms with E-state index in [4.69, 9.17) is 0 Å². The molecule has 4 nitrogen and oxygen atoms in total. The number of alkyl halides is 3. The van der Waals surface area contributed by atoms with Crippen molar-refractivity contribution >= 4 is 5.91 Å². The second-order valence-corrected chi connectivity index (χ2v) is 6.32. The van der Waals surface area contributed by atoms with E-state index in [1.165, 1.54) is 19.8 Å². The van der Waals surface area contributed by atoms with Gasteiger partial charge in [-0.05, 0) is 33.9 Å². The largest absolute Gasteiger partial charge is 0.411 e. The van der Waals surface area contributed by atoms with Gasteiger partial charge < -0.3 is 15.0 Å². The van der Waals surface area contributed by atoms with Crippen LogP contribution >= 0.6 is 0 Å². The molecule has 1 rings (SSSR count). The summed E-state index contributed by atoms with van der Waals surface area (Å²) < 4.78 is 40.9. The fourth-order valence-corrected chi connectivity index (χ4v) is 2.86. The van der Waals surface area contributed by atoms with Crippen molar-refractivity contribution in [1.82, 2.24) is 10.2 Å². The van der Waals surface area contributed by atoms with Gasteiger partial charge in [0.15, 0.2) is 0 Å². The zero-order valence-corrected chi connectivity index (χ0v) is 13.6. The molecule has 1 amide bonds. The molecule has 1 saturated carbocycles. The molecule has 0 aliphatic heterocycles. The summed E-state index contributed by atoms with van der Waals surface area (Å²) in [4.78, 5) is 14.1. The Morgan fingerprint density at radius 2 is 1.77 bits per heavy atom. The molecule has 0 aromatic rings. The number of amides is 1. The van der Waals surface area contributed by atoms with E-state index in [0.29, 0.717) is 6.54 Å². The Bertz CT molecular complexity index is 351. The lowest BCUT2D eigenvalue weighted by Crippen LogP contribution is -2.53. The van der Waals surface area contributed by atoms with Crippen LogP contribution in [0.25, 0.3) is 0 Å². The van der Waals surface area contributed by atoms with E-state index in [-0.39, 0.29) is 5.54 Å². The molecule has 0 spiro atoms. The molecule has 0 aromatic carbocycles. The highest BCUT2D eigenvalue weighted by molar-refractivity contribution is 5.80. The molecule has 1 fully saturated rings. The highest BCUT2D eigenvalue weighted by Gasteiger charge is 2.34. The smallest absolute Gasteiger partial charge is 0.359 e. The van der Waals surface area contributed by atoms with Crippen LogP contribution in [-0.4, -0.2) is 55.9 Å². The summed E-state index contributed by atoms with van der Waals surface area (Å²) in [7, 11) is 3.97. The van der Waals surface area contributed by atoms with Gasteiger partial charge in [-0.3, -0.25) is 4.79 Å². The van der Waals surface area contributed by atoms with Crippen molar-refractivity contribution in [3.05, 3.63) is 0 Å². The summed E-state index contributed by atoms with van der Waals surface area (Å²) in [5, 5.41) is 2.77. The Morgan fingerprint density at radius 1 is 1.23 bits per heavy atom. The first-order chi connectivity index (χ1) is 10.2. The normalized spacial score (nSPS) is 20.5. The van der Waals surface area contributed by atoms with E-state index < -0.39 is 24.8 Å². The van der Waals surface area contributed by atoms with Gasteiger partial charge in [-0.1, -0.05) is 25.7 Å². The lowest BCUT2D eigenvalue weighted by atomic mass is 9.88. The molecular formula is C15H27F3N2O2. The number of nitrogens with zero attached hydrogens (tertiary/aromatic N) is 1. The summed E-state index contributed by atoms with van der Waals surface area (Å²) >= 11 is 0. The van der Waals surface area contributed by atoms with Crippen LogP contribution in [0.2, 0.25) is 0 Å². The number of ether oxygens (including phenoxy) is 1. The summed E-state index contributed by atoms with van der Waals surface area (Å²) in [6.07, 6.45) is 1.04. The van der Waals surface area contributed by atoms with Gasteiger partial charge in [0.2, 0.25) is 5.91 Å². The molecule has 0 saturated heterocycles. The second-order valence-electron chi connectivity index (χ2n) is 6.32. The Balaban J connectivity index is 2.52. The first-order valence-electron chi connectivity index (χ1n) is 7.80. The van der Waals surface area contributed by atoms with Gasteiger partial charge in [-0.25, -0.2) is 0 Å². The Kier molecular flexibility index (Phi) is 7.12. The van der Waals surface area contributed by atoms with Crippen molar-refractivity contribution in [3.63, 3.8) is 0 Å². The third kappa shape index (κ3) is 6.12. The SMILES string of the molecule is CC(OCC(F)(F)F)C(=O)NCC1(N(C)C)CCCCCC1. The van der Waals surface area contributed by atoms with Crippen molar-refractivity contribution < 1.29 is 22.7 Å². The fraction of sp³-hybridized carbons (Fsp3) is 0.933. The minimum Gasteiger partial charge on any atom is -0.359 e. The zero-order chi connectivity index (χ0) is 16.8. The number of halogens is 3. The minimum atomic E-state index is -4.42. The van der Waals surface area contributed by atoms with Crippen molar-refractivity contribution in [1.29, 1.82) is 0 Å². The van der Waals surface area contributed by atoms with Gasteiger partial charge in [0, 0.05) is 12.1 Å². The third-order valence-corrected chi connectivity index (χ3v) is 4.44. The first-order valence-corrected chi connectivity index (χ1v) is 7.80. The van der Waals surface area contributed by atoms with E-state index in [2.05, 4.69) is 15.0 Å². The maximum atomic E-state index is 12.1. The molecule has 0 heterocycles. The number of rotatable bonds is 6. The molecule has 0 aromatic heterocycles. The van der Waals surface area contributed by atoms with Gasteiger partial charge in [0.1, 0.15) is 12.7 Å². The number of hydrogen-bond donors (Lipinski definition) is 1. The van der Waals surface area contributed by atoms with Gasteiger partial charge in [0.25, 0.3) is 0 Å². The highest BCUT2D eigenvalue weighted by Crippen LogP contribution is 2.30. The van der Waals surface area contributed by atoms with Gasteiger partial charge in [-0.2, -0.15) is 13.2 Å². The lowest BCUT2D eigenvalue weighted by Gasteiger charge is -2.40. The molecule has 1 aliphatic carbocycles. The van der Waals surface area contributed by atoms with E-state index >= 15 is 0 Å². The van der Waals surface area contributed by atoms with Crippen LogP contribution in [0.3, 0.4) is 0 Å². The Hall–Kier alpha value is -0.820. The molecule has 130 valence electrons. The summed E-state index contributed by atoms with van der Waals surface area (Å²) in [5.41, 5.74) is -0.115. The van der Waals surface area contributed by atoms with Crippen LogP contribution in [0.1, 0.15) is 45.4 Å². The van der Waals surface area contributed by atoms with E-state index in [1.807, 2.05) is 14.1 Å². The average Bonchev–Trinajstić information content (AvgIpc) is 2.67. The molecular weight excluding hydrogens is 297 g/mol. The molecule has 7 heteroatoms. The molecule has 0 bridgehead atoms. The van der Waals surface area contributed by atoms with Crippen molar-refractivity contribution in [2.24, 2.45) is 0 Å². The maximum absolute atomic E-state index is 12.1. The number of likely N-dealkylation sites (N-methyl/N-ethyl adjacent to an activating group) is 1.